The Labute approximate surface area is 162 Å². The minimum absolute atomic E-state index is 0.00882. The van der Waals surface area contributed by atoms with E-state index in [9.17, 15) is 19.3 Å². The first-order valence-corrected chi connectivity index (χ1v) is 9.20. The maximum absolute atomic E-state index is 13.0. The van der Waals surface area contributed by atoms with Gasteiger partial charge in [-0.1, -0.05) is 0 Å². The topological polar surface area (TPSA) is 78.7 Å². The van der Waals surface area contributed by atoms with Crippen molar-refractivity contribution in [2.75, 3.05) is 42.9 Å². The lowest BCUT2D eigenvalue weighted by Gasteiger charge is -2.36. The number of amides is 1. The molecule has 2 aromatic rings. The zero-order valence-corrected chi connectivity index (χ0v) is 15.7. The van der Waals surface area contributed by atoms with Gasteiger partial charge < -0.3 is 10.2 Å². The van der Waals surface area contributed by atoms with Crippen molar-refractivity contribution in [3.63, 3.8) is 0 Å². The van der Waals surface area contributed by atoms with Crippen molar-refractivity contribution in [3.8, 4) is 0 Å². The van der Waals surface area contributed by atoms with Crippen molar-refractivity contribution < 1.29 is 14.1 Å². The molecule has 0 radical (unpaired) electrons. The summed E-state index contributed by atoms with van der Waals surface area (Å²) in [5.41, 5.74) is 2.27. The quantitative estimate of drug-likeness (QED) is 0.609. The molecule has 0 spiro atoms. The fraction of sp³-hybridized carbons (Fsp3) is 0.350. The SMILES string of the molecule is Cc1cc([N+](=O)[O-])ccc1NC(=O)CCN1CCN(c2ccc(F)cc2)CC1. The van der Waals surface area contributed by atoms with Crippen LogP contribution in [0.25, 0.3) is 0 Å². The van der Waals surface area contributed by atoms with Crippen molar-refractivity contribution >= 4 is 23.0 Å². The van der Waals surface area contributed by atoms with Crippen LogP contribution in [0, 0.1) is 22.9 Å². The lowest BCUT2D eigenvalue weighted by molar-refractivity contribution is -0.384. The number of nitrogens with one attached hydrogen (secondary N) is 1. The summed E-state index contributed by atoms with van der Waals surface area (Å²) >= 11 is 0. The minimum atomic E-state index is -0.454. The maximum Gasteiger partial charge on any atom is 0.269 e. The van der Waals surface area contributed by atoms with Crippen LogP contribution in [0.1, 0.15) is 12.0 Å². The molecule has 2 aromatic carbocycles. The zero-order chi connectivity index (χ0) is 20.1. The van der Waals surface area contributed by atoms with Crippen molar-refractivity contribution in [3.05, 3.63) is 64.0 Å². The lowest BCUT2D eigenvalue weighted by Crippen LogP contribution is -2.47. The first-order chi connectivity index (χ1) is 13.4. The van der Waals surface area contributed by atoms with Crippen LogP contribution in [-0.2, 0) is 4.79 Å². The van der Waals surface area contributed by atoms with E-state index in [0.717, 1.165) is 31.9 Å². The zero-order valence-electron chi connectivity index (χ0n) is 15.7. The highest BCUT2D eigenvalue weighted by Crippen LogP contribution is 2.21. The van der Waals surface area contributed by atoms with Crippen LogP contribution in [0.15, 0.2) is 42.5 Å². The standard InChI is InChI=1S/C20H23FN4O3/c1-15-14-18(25(27)28)6-7-19(15)22-20(26)8-9-23-10-12-24(13-11-23)17-4-2-16(21)3-5-17/h2-7,14H,8-13H2,1H3,(H,22,26). The molecule has 1 amide bonds. The van der Waals surface area contributed by atoms with Gasteiger partial charge in [-0.25, -0.2) is 4.39 Å². The molecule has 1 fully saturated rings. The Morgan fingerprint density at radius 1 is 1.14 bits per heavy atom. The number of anilines is 2. The predicted octanol–water partition coefficient (Wildman–Crippen LogP) is 3.19. The van der Waals surface area contributed by atoms with E-state index in [0.29, 0.717) is 24.2 Å². The highest BCUT2D eigenvalue weighted by Gasteiger charge is 2.18. The van der Waals surface area contributed by atoms with Gasteiger partial charge in [0.15, 0.2) is 0 Å². The summed E-state index contributed by atoms with van der Waals surface area (Å²) in [7, 11) is 0. The molecule has 7 nitrogen and oxygen atoms in total. The second-order valence-corrected chi connectivity index (χ2v) is 6.86. The average Bonchev–Trinajstić information content (AvgIpc) is 2.69. The highest BCUT2D eigenvalue weighted by atomic mass is 19.1. The number of aryl methyl sites for hydroxylation is 1. The van der Waals surface area contributed by atoms with E-state index >= 15 is 0 Å². The van der Waals surface area contributed by atoms with Crippen LogP contribution in [0.5, 0.6) is 0 Å². The van der Waals surface area contributed by atoms with E-state index in [1.54, 1.807) is 25.1 Å². The molecule has 0 aromatic heterocycles. The van der Waals surface area contributed by atoms with Gasteiger partial charge in [0.1, 0.15) is 5.82 Å². The van der Waals surface area contributed by atoms with Crippen LogP contribution < -0.4 is 10.2 Å². The molecule has 1 saturated heterocycles. The Balaban J connectivity index is 1.44. The molecule has 0 aliphatic carbocycles. The summed E-state index contributed by atoms with van der Waals surface area (Å²) in [4.78, 5) is 27.0. The van der Waals surface area contributed by atoms with Crippen LogP contribution in [0.2, 0.25) is 0 Å². The number of nitro benzene ring substituents is 1. The monoisotopic (exact) mass is 386 g/mol. The van der Waals surface area contributed by atoms with Crippen LogP contribution in [0.4, 0.5) is 21.5 Å². The fourth-order valence-electron chi connectivity index (χ4n) is 3.26. The van der Waals surface area contributed by atoms with Crippen molar-refractivity contribution in [2.45, 2.75) is 13.3 Å². The van der Waals surface area contributed by atoms with E-state index in [1.165, 1.54) is 24.3 Å². The number of piperazine rings is 1. The Morgan fingerprint density at radius 3 is 2.43 bits per heavy atom. The molecule has 1 aliphatic rings. The number of halogens is 1. The summed E-state index contributed by atoms with van der Waals surface area (Å²) in [6, 6.07) is 10.9. The molecule has 28 heavy (non-hydrogen) atoms. The second-order valence-electron chi connectivity index (χ2n) is 6.86. The number of benzene rings is 2. The van der Waals surface area contributed by atoms with E-state index in [4.69, 9.17) is 0 Å². The summed E-state index contributed by atoms with van der Waals surface area (Å²) in [5, 5.41) is 13.6. The summed E-state index contributed by atoms with van der Waals surface area (Å²) in [6.45, 7) is 5.71. The predicted molar refractivity (Wildman–Crippen MR) is 106 cm³/mol. The third-order valence-electron chi connectivity index (χ3n) is 4.91. The molecular formula is C20H23FN4O3. The van der Waals surface area contributed by atoms with Crippen LogP contribution >= 0.6 is 0 Å². The number of nitro groups is 1. The number of carbonyl (C=O) groups is 1. The van der Waals surface area contributed by atoms with Gasteiger partial charge in [0.2, 0.25) is 5.91 Å². The molecule has 1 N–H and O–H groups in total. The number of hydrogen-bond donors (Lipinski definition) is 1. The van der Waals surface area contributed by atoms with Gasteiger partial charge in [-0.05, 0) is 42.8 Å². The molecule has 148 valence electrons. The van der Waals surface area contributed by atoms with Gasteiger partial charge >= 0.3 is 0 Å². The molecule has 1 aliphatic heterocycles. The summed E-state index contributed by atoms with van der Waals surface area (Å²) < 4.78 is 13.0. The Morgan fingerprint density at radius 2 is 1.82 bits per heavy atom. The molecule has 0 atom stereocenters. The molecule has 8 heteroatoms. The Bertz CT molecular complexity index is 849. The molecular weight excluding hydrogens is 363 g/mol. The fourth-order valence-corrected chi connectivity index (χ4v) is 3.26. The van der Waals surface area contributed by atoms with Gasteiger partial charge in [0.05, 0.1) is 4.92 Å². The average molecular weight is 386 g/mol. The smallest absolute Gasteiger partial charge is 0.269 e. The third kappa shape index (κ3) is 5.04. The normalized spacial score (nSPS) is 14.7. The van der Waals surface area contributed by atoms with Gasteiger partial charge in [0.25, 0.3) is 5.69 Å². The largest absolute Gasteiger partial charge is 0.369 e. The lowest BCUT2D eigenvalue weighted by atomic mass is 10.1. The molecule has 1 heterocycles. The Hall–Kier alpha value is -3.00. The molecule has 0 saturated carbocycles. The maximum atomic E-state index is 13.0. The van der Waals surface area contributed by atoms with Crippen molar-refractivity contribution in [1.82, 2.24) is 4.90 Å². The van der Waals surface area contributed by atoms with Crippen LogP contribution in [0.3, 0.4) is 0 Å². The van der Waals surface area contributed by atoms with Gasteiger partial charge in [0, 0.05) is 62.7 Å². The van der Waals surface area contributed by atoms with E-state index < -0.39 is 4.92 Å². The van der Waals surface area contributed by atoms with E-state index in [2.05, 4.69) is 15.1 Å². The number of rotatable bonds is 6. The number of hydrogen-bond acceptors (Lipinski definition) is 5. The highest BCUT2D eigenvalue weighted by molar-refractivity contribution is 5.91. The first kappa shape index (κ1) is 19.8. The third-order valence-corrected chi connectivity index (χ3v) is 4.91. The number of nitrogens with zero attached hydrogens (tertiary/aromatic N) is 3. The van der Waals surface area contributed by atoms with Crippen LogP contribution in [-0.4, -0.2) is 48.5 Å². The summed E-state index contributed by atoms with van der Waals surface area (Å²) in [5.74, 6) is -0.352. The summed E-state index contributed by atoms with van der Waals surface area (Å²) in [6.07, 6.45) is 0.354. The molecule has 0 unspecified atom stereocenters. The van der Waals surface area contributed by atoms with E-state index in [1.807, 2.05) is 0 Å². The van der Waals surface area contributed by atoms with Crippen molar-refractivity contribution in [1.29, 1.82) is 0 Å². The number of non-ortho nitro benzene ring substituents is 1. The van der Waals surface area contributed by atoms with Gasteiger partial charge in [-0.15, -0.1) is 0 Å². The molecule has 3 rings (SSSR count). The van der Waals surface area contributed by atoms with E-state index in [-0.39, 0.29) is 17.4 Å². The van der Waals surface area contributed by atoms with Gasteiger partial charge in [-0.2, -0.15) is 0 Å². The van der Waals surface area contributed by atoms with Gasteiger partial charge in [-0.3, -0.25) is 19.8 Å². The Kier molecular flexibility index (Phi) is 6.20. The minimum Gasteiger partial charge on any atom is -0.369 e. The second kappa shape index (κ2) is 8.79. The first-order valence-electron chi connectivity index (χ1n) is 9.20. The molecule has 0 bridgehead atoms. The van der Waals surface area contributed by atoms with Crippen molar-refractivity contribution in [2.24, 2.45) is 0 Å². The number of carbonyl (C=O) groups excluding carboxylic acids is 1.